The molecule has 0 radical (unpaired) electrons. The first kappa shape index (κ1) is 13.7. The molecule has 2 aromatic heterocycles. The first-order chi connectivity index (χ1) is 10.7. The average molecular weight is 298 g/mol. The summed E-state index contributed by atoms with van der Waals surface area (Å²) in [5.74, 6) is 2.41. The van der Waals surface area contributed by atoms with Gasteiger partial charge in [0.15, 0.2) is 11.9 Å². The summed E-state index contributed by atoms with van der Waals surface area (Å²) in [6.07, 6.45) is 6.19. The fraction of sp³-hybridized carbons (Fsp3) is 0.588. The molecule has 2 saturated carbocycles. The van der Waals surface area contributed by atoms with Crippen LogP contribution in [0.5, 0.6) is 0 Å². The molecule has 2 aromatic rings. The number of aromatic nitrogens is 3. The minimum absolute atomic E-state index is 0.699. The maximum Gasteiger partial charge on any atom is 0.160 e. The number of aryl methyl sites for hydroxylation is 2. The highest BCUT2D eigenvalue weighted by Gasteiger charge is 2.31. The number of nitrogens with zero attached hydrogens (tertiary/aromatic N) is 4. The topological polar surface area (TPSA) is 51.0 Å². The number of fused-ring (bicyclic) bond motifs is 1. The Hall–Kier alpha value is -1.91. The normalized spacial score (nSPS) is 17.9. The molecule has 5 nitrogen and oxygen atoms in total. The Bertz CT molecular complexity index is 714. The van der Waals surface area contributed by atoms with E-state index in [4.69, 9.17) is 4.98 Å². The van der Waals surface area contributed by atoms with Crippen LogP contribution in [-0.4, -0.2) is 34.1 Å². The summed E-state index contributed by atoms with van der Waals surface area (Å²) in [4.78, 5) is 18.8. The lowest BCUT2D eigenvalue weighted by molar-refractivity contribution is 0.112. The van der Waals surface area contributed by atoms with E-state index in [1.807, 2.05) is 24.7 Å². The maximum atomic E-state index is 11.6. The smallest absolute Gasteiger partial charge is 0.160 e. The van der Waals surface area contributed by atoms with E-state index in [2.05, 4.69) is 10.00 Å². The molecule has 0 bridgehead atoms. The van der Waals surface area contributed by atoms with Crippen LogP contribution >= 0.6 is 0 Å². The van der Waals surface area contributed by atoms with Gasteiger partial charge < -0.3 is 4.90 Å². The zero-order valence-corrected chi connectivity index (χ0v) is 13.2. The average Bonchev–Trinajstić information content (AvgIpc) is 3.41. The van der Waals surface area contributed by atoms with Gasteiger partial charge in [0.2, 0.25) is 0 Å². The minimum atomic E-state index is 0.699. The van der Waals surface area contributed by atoms with Gasteiger partial charge in [-0.05, 0) is 50.5 Å². The molecule has 0 unspecified atom stereocenters. The molecule has 0 saturated heterocycles. The molecule has 116 valence electrons. The van der Waals surface area contributed by atoms with Crippen molar-refractivity contribution in [1.29, 1.82) is 0 Å². The highest BCUT2D eigenvalue weighted by atomic mass is 16.1. The fourth-order valence-electron chi connectivity index (χ4n) is 3.16. The third kappa shape index (κ3) is 2.49. The van der Waals surface area contributed by atoms with Gasteiger partial charge in [0.05, 0.1) is 11.3 Å². The Morgan fingerprint density at radius 3 is 2.45 bits per heavy atom. The zero-order valence-electron chi connectivity index (χ0n) is 13.2. The number of pyridine rings is 1. The molecule has 5 heteroatoms. The van der Waals surface area contributed by atoms with Crippen LogP contribution in [0.15, 0.2) is 6.07 Å². The van der Waals surface area contributed by atoms with Crippen molar-refractivity contribution in [1.82, 2.24) is 14.8 Å². The molecule has 4 rings (SSSR count). The van der Waals surface area contributed by atoms with Crippen LogP contribution in [0, 0.1) is 18.8 Å². The Morgan fingerprint density at radius 1 is 1.27 bits per heavy atom. The summed E-state index contributed by atoms with van der Waals surface area (Å²) < 4.78 is 1.81. The van der Waals surface area contributed by atoms with Crippen LogP contribution < -0.4 is 4.90 Å². The summed E-state index contributed by atoms with van der Waals surface area (Å²) in [6, 6.07) is 1.96. The molecular formula is C17H22N4O. The predicted octanol–water partition coefficient (Wildman–Crippen LogP) is 2.72. The van der Waals surface area contributed by atoms with E-state index in [0.717, 1.165) is 53.8 Å². The minimum Gasteiger partial charge on any atom is -0.355 e. The van der Waals surface area contributed by atoms with Gasteiger partial charge >= 0.3 is 0 Å². The van der Waals surface area contributed by atoms with Gasteiger partial charge in [0.25, 0.3) is 0 Å². The van der Waals surface area contributed by atoms with Crippen molar-refractivity contribution in [3.05, 3.63) is 17.3 Å². The molecule has 0 aromatic carbocycles. The maximum absolute atomic E-state index is 11.6. The summed E-state index contributed by atoms with van der Waals surface area (Å²) in [5, 5.41) is 5.41. The molecule has 0 aliphatic heterocycles. The Labute approximate surface area is 130 Å². The van der Waals surface area contributed by atoms with Gasteiger partial charge in [0.1, 0.15) is 5.82 Å². The molecule has 0 spiro atoms. The van der Waals surface area contributed by atoms with E-state index < -0.39 is 0 Å². The standard InChI is InChI=1S/C17H22N4O/c1-11-15-7-14(10-22)16(18-17(15)20(2)19-11)21(8-12-3-4-12)9-13-5-6-13/h7,10,12-13H,3-6,8-9H2,1-2H3. The Balaban J connectivity index is 1.78. The molecule has 2 heterocycles. The number of carbonyl (C=O) groups is 1. The highest BCUT2D eigenvalue weighted by Crippen LogP contribution is 2.36. The van der Waals surface area contributed by atoms with Gasteiger partial charge in [-0.25, -0.2) is 4.98 Å². The quantitative estimate of drug-likeness (QED) is 0.769. The molecule has 22 heavy (non-hydrogen) atoms. The number of anilines is 1. The van der Waals surface area contributed by atoms with E-state index in [1.165, 1.54) is 25.7 Å². The second kappa shape index (κ2) is 5.07. The molecular weight excluding hydrogens is 276 g/mol. The van der Waals surface area contributed by atoms with Crippen molar-refractivity contribution in [3.8, 4) is 0 Å². The summed E-state index contributed by atoms with van der Waals surface area (Å²) in [5.41, 5.74) is 2.50. The second-order valence-electron chi connectivity index (χ2n) is 6.89. The van der Waals surface area contributed by atoms with Crippen molar-refractivity contribution in [3.63, 3.8) is 0 Å². The molecule has 0 amide bonds. The SMILES string of the molecule is Cc1nn(C)c2nc(N(CC3CC3)CC3CC3)c(C=O)cc12. The van der Waals surface area contributed by atoms with E-state index in [-0.39, 0.29) is 0 Å². The van der Waals surface area contributed by atoms with Crippen molar-refractivity contribution >= 4 is 23.1 Å². The van der Waals surface area contributed by atoms with Gasteiger partial charge in [-0.15, -0.1) is 0 Å². The first-order valence-electron chi connectivity index (χ1n) is 8.20. The Kier molecular flexibility index (Phi) is 3.17. The molecule has 0 atom stereocenters. The fourth-order valence-corrected chi connectivity index (χ4v) is 3.16. The largest absolute Gasteiger partial charge is 0.355 e. The number of carbonyl (C=O) groups excluding carboxylic acids is 1. The lowest BCUT2D eigenvalue weighted by Crippen LogP contribution is -2.30. The number of rotatable bonds is 6. The summed E-state index contributed by atoms with van der Waals surface area (Å²) in [6.45, 7) is 4.03. The van der Waals surface area contributed by atoms with Gasteiger partial charge in [0, 0.05) is 25.5 Å². The van der Waals surface area contributed by atoms with E-state index >= 15 is 0 Å². The van der Waals surface area contributed by atoms with Crippen molar-refractivity contribution in [2.45, 2.75) is 32.6 Å². The van der Waals surface area contributed by atoms with Gasteiger partial charge in [-0.1, -0.05) is 0 Å². The van der Waals surface area contributed by atoms with Crippen molar-refractivity contribution in [2.75, 3.05) is 18.0 Å². The van der Waals surface area contributed by atoms with Crippen LogP contribution in [0.4, 0.5) is 5.82 Å². The van der Waals surface area contributed by atoms with Crippen LogP contribution in [0.3, 0.4) is 0 Å². The van der Waals surface area contributed by atoms with Crippen LogP contribution in [0.25, 0.3) is 11.0 Å². The monoisotopic (exact) mass is 298 g/mol. The number of aldehydes is 1. The van der Waals surface area contributed by atoms with Crippen molar-refractivity contribution < 1.29 is 4.79 Å². The molecule has 0 N–H and O–H groups in total. The van der Waals surface area contributed by atoms with E-state index in [1.54, 1.807) is 0 Å². The lowest BCUT2D eigenvalue weighted by Gasteiger charge is -2.25. The second-order valence-corrected chi connectivity index (χ2v) is 6.89. The number of hydrogen-bond donors (Lipinski definition) is 0. The summed E-state index contributed by atoms with van der Waals surface area (Å²) in [7, 11) is 1.92. The van der Waals surface area contributed by atoms with Crippen LogP contribution in [0.1, 0.15) is 41.7 Å². The third-order valence-electron chi connectivity index (χ3n) is 4.78. The third-order valence-corrected chi connectivity index (χ3v) is 4.78. The number of hydrogen-bond acceptors (Lipinski definition) is 4. The van der Waals surface area contributed by atoms with Crippen LogP contribution in [-0.2, 0) is 7.05 Å². The molecule has 2 aliphatic rings. The van der Waals surface area contributed by atoms with Crippen LogP contribution in [0.2, 0.25) is 0 Å². The Morgan fingerprint density at radius 2 is 1.91 bits per heavy atom. The van der Waals surface area contributed by atoms with E-state index in [9.17, 15) is 4.79 Å². The summed E-state index contributed by atoms with van der Waals surface area (Å²) >= 11 is 0. The lowest BCUT2D eigenvalue weighted by atomic mass is 10.1. The molecule has 2 aliphatic carbocycles. The first-order valence-corrected chi connectivity index (χ1v) is 8.20. The molecule has 2 fully saturated rings. The van der Waals surface area contributed by atoms with Crippen molar-refractivity contribution in [2.24, 2.45) is 18.9 Å². The predicted molar refractivity (Wildman–Crippen MR) is 86.3 cm³/mol. The van der Waals surface area contributed by atoms with Gasteiger partial charge in [-0.3, -0.25) is 9.48 Å². The van der Waals surface area contributed by atoms with Gasteiger partial charge in [-0.2, -0.15) is 5.10 Å². The zero-order chi connectivity index (χ0) is 15.3. The van der Waals surface area contributed by atoms with E-state index in [0.29, 0.717) is 5.56 Å². The highest BCUT2D eigenvalue weighted by molar-refractivity contribution is 5.91.